The van der Waals surface area contributed by atoms with Crippen molar-refractivity contribution in [3.8, 4) is 23.0 Å². The number of ether oxygens (including phenoxy) is 4. The van der Waals surface area contributed by atoms with Gasteiger partial charge in [0.05, 0.1) is 17.3 Å². The lowest BCUT2D eigenvalue weighted by Gasteiger charge is -2.19. The average Bonchev–Trinajstić information content (AvgIpc) is 2.78. The van der Waals surface area contributed by atoms with E-state index in [-0.39, 0.29) is 0 Å². The predicted octanol–water partition coefficient (Wildman–Crippen LogP) is 4.49. The lowest BCUT2D eigenvalue weighted by atomic mass is 10.2. The number of nitrogens with zero attached hydrogens (tertiary/aromatic N) is 1. The monoisotopic (exact) mass is 470 g/mol. The van der Waals surface area contributed by atoms with Crippen molar-refractivity contribution in [2.75, 3.05) is 20.3 Å². The number of aromatic nitrogens is 1. The molecule has 0 bridgehead atoms. The van der Waals surface area contributed by atoms with E-state index in [1.807, 2.05) is 48.5 Å². The number of fused-ring (bicyclic) bond motifs is 1. The van der Waals surface area contributed by atoms with Crippen LogP contribution in [0.4, 0.5) is 0 Å². The van der Waals surface area contributed by atoms with Crippen molar-refractivity contribution in [3.05, 3.63) is 76.0 Å². The Labute approximate surface area is 184 Å². The van der Waals surface area contributed by atoms with Crippen molar-refractivity contribution in [2.24, 2.45) is 0 Å². The summed E-state index contributed by atoms with van der Waals surface area (Å²) in [5.41, 5.74) is 3.08. The molecule has 0 unspecified atom stereocenters. The third kappa shape index (κ3) is 5.04. The van der Waals surface area contributed by atoms with Crippen LogP contribution >= 0.6 is 15.9 Å². The second kappa shape index (κ2) is 9.82. The van der Waals surface area contributed by atoms with Crippen molar-refractivity contribution < 1.29 is 18.9 Å². The van der Waals surface area contributed by atoms with E-state index in [0.29, 0.717) is 44.4 Å². The maximum atomic E-state index is 6.07. The summed E-state index contributed by atoms with van der Waals surface area (Å²) in [6.45, 7) is 2.92. The largest absolute Gasteiger partial charge is 0.493 e. The summed E-state index contributed by atoms with van der Waals surface area (Å²) in [6.07, 6.45) is 1.80. The zero-order valence-electron chi connectivity index (χ0n) is 16.7. The van der Waals surface area contributed by atoms with Gasteiger partial charge in [0.2, 0.25) is 0 Å². The average molecular weight is 471 g/mol. The number of halogens is 1. The second-order valence-corrected chi connectivity index (χ2v) is 7.65. The number of nitrogens with one attached hydrogen (secondary N) is 1. The predicted molar refractivity (Wildman–Crippen MR) is 117 cm³/mol. The molecule has 0 radical (unpaired) electrons. The highest BCUT2D eigenvalue weighted by atomic mass is 79.9. The second-order valence-electron chi connectivity index (χ2n) is 6.80. The molecule has 156 valence electrons. The summed E-state index contributed by atoms with van der Waals surface area (Å²) in [4.78, 5) is 4.32. The number of rotatable bonds is 8. The minimum atomic E-state index is 0.392. The van der Waals surface area contributed by atoms with Crippen LogP contribution in [-0.4, -0.2) is 25.3 Å². The van der Waals surface area contributed by atoms with Gasteiger partial charge in [-0.05, 0) is 63.5 Å². The maximum absolute atomic E-state index is 6.07. The van der Waals surface area contributed by atoms with Crippen molar-refractivity contribution in [3.63, 3.8) is 0 Å². The Bertz CT molecular complexity index is 998. The highest BCUT2D eigenvalue weighted by Crippen LogP contribution is 2.38. The van der Waals surface area contributed by atoms with E-state index in [1.165, 1.54) is 0 Å². The van der Waals surface area contributed by atoms with E-state index in [1.54, 1.807) is 13.3 Å². The van der Waals surface area contributed by atoms with Crippen molar-refractivity contribution in [2.45, 2.75) is 19.7 Å². The molecule has 1 aromatic heterocycles. The summed E-state index contributed by atoms with van der Waals surface area (Å²) in [7, 11) is 1.64. The first-order valence-electron chi connectivity index (χ1n) is 9.71. The van der Waals surface area contributed by atoms with Crippen LogP contribution < -0.4 is 24.3 Å². The van der Waals surface area contributed by atoms with E-state index in [4.69, 9.17) is 18.9 Å². The Kier molecular flexibility index (Phi) is 6.71. The SMILES string of the molecule is COc1cc(CNCc2ccccn2)cc(Br)c1OCc1ccc2c(c1)OCCO2. The molecule has 0 spiro atoms. The van der Waals surface area contributed by atoms with Gasteiger partial charge >= 0.3 is 0 Å². The van der Waals surface area contributed by atoms with E-state index < -0.39 is 0 Å². The molecular formula is C23H23BrN2O4. The van der Waals surface area contributed by atoms with Crippen LogP contribution in [-0.2, 0) is 19.7 Å². The van der Waals surface area contributed by atoms with Crippen LogP contribution in [0, 0.1) is 0 Å². The maximum Gasteiger partial charge on any atom is 0.175 e. The molecular weight excluding hydrogens is 448 g/mol. The molecule has 0 atom stereocenters. The smallest absolute Gasteiger partial charge is 0.175 e. The van der Waals surface area contributed by atoms with E-state index >= 15 is 0 Å². The summed E-state index contributed by atoms with van der Waals surface area (Å²) in [5.74, 6) is 2.87. The molecule has 0 saturated carbocycles. The third-order valence-electron chi connectivity index (χ3n) is 4.64. The fourth-order valence-electron chi connectivity index (χ4n) is 3.19. The Morgan fingerprint density at radius 3 is 2.67 bits per heavy atom. The number of hydrogen-bond donors (Lipinski definition) is 1. The minimum absolute atomic E-state index is 0.392. The summed E-state index contributed by atoms with van der Waals surface area (Å²) < 4.78 is 23.7. The quantitative estimate of drug-likeness (QED) is 0.523. The molecule has 7 heteroatoms. The van der Waals surface area contributed by atoms with Crippen LogP contribution in [0.5, 0.6) is 23.0 Å². The van der Waals surface area contributed by atoms with Gasteiger partial charge in [-0.15, -0.1) is 0 Å². The summed E-state index contributed by atoms with van der Waals surface area (Å²) in [6, 6.07) is 15.7. The van der Waals surface area contributed by atoms with Gasteiger partial charge in [-0.25, -0.2) is 0 Å². The van der Waals surface area contributed by atoms with Gasteiger partial charge in [-0.1, -0.05) is 12.1 Å². The first kappa shape index (κ1) is 20.5. The molecule has 1 aliphatic heterocycles. The first-order chi connectivity index (χ1) is 14.7. The molecule has 0 fully saturated rings. The van der Waals surface area contributed by atoms with Gasteiger partial charge in [0.15, 0.2) is 23.0 Å². The van der Waals surface area contributed by atoms with Gasteiger partial charge in [0.1, 0.15) is 19.8 Å². The molecule has 3 aromatic rings. The van der Waals surface area contributed by atoms with Crippen LogP contribution in [0.15, 0.2) is 59.2 Å². The summed E-state index contributed by atoms with van der Waals surface area (Å²) >= 11 is 3.62. The van der Waals surface area contributed by atoms with Crippen molar-refractivity contribution in [1.29, 1.82) is 0 Å². The Morgan fingerprint density at radius 1 is 1.00 bits per heavy atom. The topological polar surface area (TPSA) is 61.8 Å². The third-order valence-corrected chi connectivity index (χ3v) is 5.23. The Hall–Kier alpha value is -2.77. The Balaban J connectivity index is 1.40. The zero-order chi connectivity index (χ0) is 20.8. The molecule has 4 rings (SSSR count). The standard InChI is InChI=1S/C23H23BrN2O4/c1-27-22-12-17(13-25-14-18-4-2-3-7-26-18)10-19(24)23(22)30-15-16-5-6-20-21(11-16)29-9-8-28-20/h2-7,10-12,25H,8-9,13-15H2,1H3. The van der Waals surface area contributed by atoms with Gasteiger partial charge in [-0.2, -0.15) is 0 Å². The van der Waals surface area contributed by atoms with Gasteiger partial charge in [0.25, 0.3) is 0 Å². The van der Waals surface area contributed by atoms with E-state index in [2.05, 4.69) is 26.2 Å². The van der Waals surface area contributed by atoms with E-state index in [0.717, 1.165) is 32.8 Å². The van der Waals surface area contributed by atoms with Crippen LogP contribution in [0.25, 0.3) is 0 Å². The summed E-state index contributed by atoms with van der Waals surface area (Å²) in [5, 5.41) is 3.40. The van der Waals surface area contributed by atoms with Crippen LogP contribution in [0.2, 0.25) is 0 Å². The molecule has 1 aliphatic rings. The number of methoxy groups -OCH3 is 1. The van der Waals surface area contributed by atoms with Crippen molar-refractivity contribution in [1.82, 2.24) is 10.3 Å². The molecule has 0 saturated heterocycles. The molecule has 2 aromatic carbocycles. The fourth-order valence-corrected chi connectivity index (χ4v) is 3.79. The Morgan fingerprint density at radius 2 is 1.87 bits per heavy atom. The molecule has 6 nitrogen and oxygen atoms in total. The zero-order valence-corrected chi connectivity index (χ0v) is 18.3. The first-order valence-corrected chi connectivity index (χ1v) is 10.5. The molecule has 0 aliphatic carbocycles. The van der Waals surface area contributed by atoms with Crippen molar-refractivity contribution >= 4 is 15.9 Å². The fraction of sp³-hybridized carbons (Fsp3) is 0.261. The van der Waals surface area contributed by atoms with Gasteiger partial charge in [0, 0.05) is 19.3 Å². The highest BCUT2D eigenvalue weighted by molar-refractivity contribution is 9.10. The number of hydrogen-bond acceptors (Lipinski definition) is 6. The lowest BCUT2D eigenvalue weighted by molar-refractivity contribution is 0.171. The molecule has 30 heavy (non-hydrogen) atoms. The number of pyridine rings is 1. The molecule has 1 N–H and O–H groups in total. The lowest BCUT2D eigenvalue weighted by Crippen LogP contribution is -2.15. The minimum Gasteiger partial charge on any atom is -0.493 e. The molecule has 2 heterocycles. The number of benzene rings is 2. The van der Waals surface area contributed by atoms with Crippen LogP contribution in [0.1, 0.15) is 16.8 Å². The highest BCUT2D eigenvalue weighted by Gasteiger charge is 2.15. The van der Waals surface area contributed by atoms with Gasteiger partial charge < -0.3 is 24.3 Å². The van der Waals surface area contributed by atoms with Crippen LogP contribution in [0.3, 0.4) is 0 Å². The van der Waals surface area contributed by atoms with Gasteiger partial charge in [-0.3, -0.25) is 4.98 Å². The van der Waals surface area contributed by atoms with E-state index in [9.17, 15) is 0 Å². The molecule has 0 amide bonds. The normalized spacial score (nSPS) is 12.5.